The van der Waals surface area contributed by atoms with Gasteiger partial charge in [0.2, 0.25) is 0 Å². The van der Waals surface area contributed by atoms with E-state index < -0.39 is 0 Å². The Hall–Kier alpha value is -0.630. The van der Waals surface area contributed by atoms with Gasteiger partial charge in [-0.05, 0) is 29.6 Å². The van der Waals surface area contributed by atoms with E-state index in [4.69, 9.17) is 2.74 Å². The standard InChI is InChI=1S/C8H8BrN/c1-7-2-3-8(4-5-9)6-10-7/h2-6H,1H3/b5-4+/i4D,5D. The second kappa shape index (κ2) is 3.52. The van der Waals surface area contributed by atoms with Gasteiger partial charge in [-0.2, -0.15) is 0 Å². The molecule has 0 saturated carbocycles. The van der Waals surface area contributed by atoms with Crippen LogP contribution in [0.15, 0.2) is 23.3 Å². The van der Waals surface area contributed by atoms with Crippen LogP contribution in [0.4, 0.5) is 0 Å². The molecule has 1 rings (SSSR count). The first kappa shape index (κ1) is 5.08. The van der Waals surface area contributed by atoms with Gasteiger partial charge in [0.15, 0.2) is 0 Å². The van der Waals surface area contributed by atoms with Crippen LogP contribution in [0.5, 0.6) is 0 Å². The molecule has 1 nitrogen and oxygen atoms in total. The predicted molar refractivity (Wildman–Crippen MR) is 46.9 cm³/mol. The fourth-order valence-electron chi connectivity index (χ4n) is 0.596. The van der Waals surface area contributed by atoms with Gasteiger partial charge in [-0.1, -0.05) is 22.0 Å². The summed E-state index contributed by atoms with van der Waals surface area (Å²) in [6.45, 7) is 1.88. The summed E-state index contributed by atoms with van der Waals surface area (Å²) in [6, 6.07) is 3.75. The van der Waals surface area contributed by atoms with E-state index in [1.807, 2.05) is 13.0 Å². The first-order chi connectivity index (χ1) is 5.61. The number of hydrogen-bond donors (Lipinski definition) is 0. The van der Waals surface area contributed by atoms with Crippen molar-refractivity contribution in [3.63, 3.8) is 0 Å². The minimum Gasteiger partial charge on any atom is -0.261 e. The van der Waals surface area contributed by atoms with Gasteiger partial charge in [-0.15, -0.1) is 0 Å². The number of aromatic nitrogens is 1. The lowest BCUT2D eigenvalue weighted by Crippen LogP contribution is -1.79. The maximum absolute atomic E-state index is 7.44. The molecule has 0 aliphatic rings. The van der Waals surface area contributed by atoms with Crippen LogP contribution in [-0.4, -0.2) is 4.98 Å². The maximum atomic E-state index is 7.44. The Morgan fingerprint density at radius 3 is 3.00 bits per heavy atom. The Balaban J connectivity index is 3.06. The zero-order chi connectivity index (χ0) is 9.14. The Labute approximate surface area is 71.7 Å². The molecule has 0 spiro atoms. The van der Waals surface area contributed by atoms with Gasteiger partial charge in [0.1, 0.15) is 0 Å². The lowest BCUT2D eigenvalue weighted by molar-refractivity contribution is 1.19. The van der Waals surface area contributed by atoms with Crippen LogP contribution in [-0.2, 0) is 0 Å². The summed E-state index contributed by atoms with van der Waals surface area (Å²) in [5.74, 6) is 0. The van der Waals surface area contributed by atoms with Crippen molar-refractivity contribution in [2.45, 2.75) is 6.92 Å². The summed E-state index contributed by atoms with van der Waals surface area (Å²) in [7, 11) is 0. The molecule has 0 amide bonds. The summed E-state index contributed by atoms with van der Waals surface area (Å²) >= 11 is 2.93. The third kappa shape index (κ3) is 1.95. The van der Waals surface area contributed by atoms with E-state index in [0.29, 0.717) is 5.56 Å². The Kier molecular flexibility index (Phi) is 1.79. The average molecular weight is 200 g/mol. The van der Waals surface area contributed by atoms with Crippen LogP contribution in [0.25, 0.3) is 6.05 Å². The predicted octanol–water partition coefficient (Wildman–Crippen LogP) is 2.76. The van der Waals surface area contributed by atoms with E-state index in [0.717, 1.165) is 5.69 Å². The van der Waals surface area contributed by atoms with Crippen LogP contribution >= 0.6 is 15.9 Å². The third-order valence-corrected chi connectivity index (χ3v) is 1.30. The molecule has 0 aliphatic heterocycles. The SMILES string of the molecule is [2H]/C(Br)=C(/[2H])c1ccc(C)nc1. The molecule has 52 valence electrons. The van der Waals surface area contributed by atoms with Crippen molar-refractivity contribution in [3.05, 3.63) is 34.5 Å². The minimum atomic E-state index is 0.0770. The van der Waals surface area contributed by atoms with E-state index in [-0.39, 0.29) is 11.0 Å². The lowest BCUT2D eigenvalue weighted by atomic mass is 10.2. The van der Waals surface area contributed by atoms with Gasteiger partial charge in [0.05, 0.1) is 2.74 Å². The van der Waals surface area contributed by atoms with E-state index >= 15 is 0 Å². The highest BCUT2D eigenvalue weighted by molar-refractivity contribution is 9.11. The third-order valence-electron chi connectivity index (χ3n) is 1.10. The van der Waals surface area contributed by atoms with Crippen molar-refractivity contribution in [1.82, 2.24) is 4.98 Å². The van der Waals surface area contributed by atoms with Gasteiger partial charge in [0.25, 0.3) is 0 Å². The van der Waals surface area contributed by atoms with Crippen molar-refractivity contribution in [1.29, 1.82) is 0 Å². The molecule has 1 aromatic heterocycles. The highest BCUT2D eigenvalue weighted by atomic mass is 79.9. The summed E-state index contributed by atoms with van der Waals surface area (Å²) in [5, 5.41) is 0. The molecule has 0 saturated heterocycles. The normalized spacial score (nSPS) is 15.4. The van der Waals surface area contributed by atoms with E-state index in [9.17, 15) is 0 Å². The number of nitrogens with zero attached hydrogens (tertiary/aromatic N) is 1. The highest BCUT2D eigenvalue weighted by Gasteiger charge is 1.84. The van der Waals surface area contributed by atoms with Gasteiger partial charge < -0.3 is 0 Å². The first-order valence-corrected chi connectivity index (χ1v) is 3.66. The minimum absolute atomic E-state index is 0.0770. The summed E-state index contributed by atoms with van der Waals surface area (Å²) in [4.78, 5) is 4.10. The van der Waals surface area contributed by atoms with Crippen LogP contribution < -0.4 is 0 Å². The van der Waals surface area contributed by atoms with E-state index in [1.165, 1.54) is 0 Å². The fourth-order valence-corrected chi connectivity index (χ4v) is 0.825. The van der Waals surface area contributed by atoms with Gasteiger partial charge >= 0.3 is 0 Å². The molecule has 1 aromatic rings. The van der Waals surface area contributed by atoms with Crippen molar-refractivity contribution < 1.29 is 2.74 Å². The second-order valence-electron chi connectivity index (χ2n) is 1.91. The van der Waals surface area contributed by atoms with Crippen molar-refractivity contribution in [3.8, 4) is 0 Å². The quantitative estimate of drug-likeness (QED) is 0.679. The van der Waals surface area contributed by atoms with Crippen LogP contribution in [0.2, 0.25) is 0 Å². The Morgan fingerprint density at radius 1 is 1.70 bits per heavy atom. The fraction of sp³-hybridized carbons (Fsp3) is 0.125. The van der Waals surface area contributed by atoms with Crippen LogP contribution in [0.3, 0.4) is 0 Å². The van der Waals surface area contributed by atoms with Crippen molar-refractivity contribution >= 4 is 22.0 Å². The number of rotatable bonds is 1. The van der Waals surface area contributed by atoms with Gasteiger partial charge in [0, 0.05) is 11.9 Å². The molecule has 0 aromatic carbocycles. The molecule has 10 heavy (non-hydrogen) atoms. The molecule has 0 atom stereocenters. The maximum Gasteiger partial charge on any atom is 0.0703 e. The molecule has 0 bridgehead atoms. The monoisotopic (exact) mass is 199 g/mol. The van der Waals surface area contributed by atoms with E-state index in [2.05, 4.69) is 20.9 Å². The zero-order valence-corrected chi connectivity index (χ0v) is 7.14. The largest absolute Gasteiger partial charge is 0.261 e. The van der Waals surface area contributed by atoms with Crippen LogP contribution in [0.1, 0.15) is 14.0 Å². The topological polar surface area (TPSA) is 12.9 Å². The summed E-state index contributed by atoms with van der Waals surface area (Å²) in [6.07, 6.45) is 1.59. The molecule has 0 fully saturated rings. The first-order valence-electron chi connectivity index (χ1n) is 3.87. The van der Waals surface area contributed by atoms with Crippen molar-refractivity contribution in [2.75, 3.05) is 0 Å². The summed E-state index contributed by atoms with van der Waals surface area (Å²) in [5.41, 5.74) is 1.56. The number of pyridine rings is 1. The number of hydrogen-bond acceptors (Lipinski definition) is 1. The molecular weight excluding hydrogens is 190 g/mol. The Bertz CT molecular complexity index is 301. The molecule has 0 unspecified atom stereocenters. The molecule has 0 radical (unpaired) electrons. The average Bonchev–Trinajstić information content (AvgIpc) is 2.04. The Morgan fingerprint density at radius 2 is 2.50 bits per heavy atom. The lowest BCUT2D eigenvalue weighted by Gasteiger charge is -1.91. The summed E-state index contributed by atoms with van der Waals surface area (Å²) < 4.78 is 14.6. The van der Waals surface area contributed by atoms with Crippen molar-refractivity contribution in [2.24, 2.45) is 0 Å². The second-order valence-corrected chi connectivity index (χ2v) is 2.30. The molecule has 0 N–H and O–H groups in total. The number of halogens is 1. The van der Waals surface area contributed by atoms with Gasteiger partial charge in [-0.3, -0.25) is 4.98 Å². The van der Waals surface area contributed by atoms with Crippen LogP contribution in [0, 0.1) is 6.92 Å². The number of aryl methyl sites for hydroxylation is 1. The molecule has 2 heteroatoms. The molecular formula is C8H8BrN. The molecule has 1 heterocycles. The highest BCUT2D eigenvalue weighted by Crippen LogP contribution is 2.02. The zero-order valence-electron chi connectivity index (χ0n) is 7.56. The smallest absolute Gasteiger partial charge is 0.0703 e. The molecule has 0 aliphatic carbocycles. The van der Waals surface area contributed by atoms with E-state index in [1.54, 1.807) is 12.3 Å². The van der Waals surface area contributed by atoms with Gasteiger partial charge in [-0.25, -0.2) is 0 Å².